The maximum Gasteiger partial charge on any atom is 0.270 e. The Kier molecular flexibility index (Phi) is 5.64. The SMILES string of the molecule is CC(C)c1cc(C(=O)NCc2ccccc2)nc(N2CCCCC2)n1. The van der Waals surface area contributed by atoms with Gasteiger partial charge in [0.05, 0.1) is 0 Å². The van der Waals surface area contributed by atoms with E-state index in [9.17, 15) is 4.79 Å². The molecule has 1 fully saturated rings. The number of aromatic nitrogens is 2. The van der Waals surface area contributed by atoms with E-state index in [1.165, 1.54) is 6.42 Å². The van der Waals surface area contributed by atoms with Crippen LogP contribution in [0.4, 0.5) is 5.95 Å². The van der Waals surface area contributed by atoms with Gasteiger partial charge in [0, 0.05) is 25.3 Å². The minimum absolute atomic E-state index is 0.147. The van der Waals surface area contributed by atoms with Gasteiger partial charge in [-0.1, -0.05) is 44.2 Å². The van der Waals surface area contributed by atoms with Crippen LogP contribution in [-0.2, 0) is 6.54 Å². The summed E-state index contributed by atoms with van der Waals surface area (Å²) in [6.45, 7) is 6.61. The lowest BCUT2D eigenvalue weighted by Gasteiger charge is -2.27. The highest BCUT2D eigenvalue weighted by atomic mass is 16.1. The van der Waals surface area contributed by atoms with Gasteiger partial charge in [-0.25, -0.2) is 9.97 Å². The van der Waals surface area contributed by atoms with Crippen LogP contribution in [0, 0.1) is 0 Å². The van der Waals surface area contributed by atoms with E-state index in [2.05, 4.69) is 29.0 Å². The summed E-state index contributed by atoms with van der Waals surface area (Å²) in [7, 11) is 0. The largest absolute Gasteiger partial charge is 0.347 e. The number of carbonyl (C=O) groups excluding carboxylic acids is 1. The van der Waals surface area contributed by atoms with Crippen LogP contribution in [0.2, 0.25) is 0 Å². The molecule has 2 heterocycles. The zero-order chi connectivity index (χ0) is 17.6. The fraction of sp³-hybridized carbons (Fsp3) is 0.450. The average Bonchev–Trinajstić information content (AvgIpc) is 2.67. The summed E-state index contributed by atoms with van der Waals surface area (Å²) in [6.07, 6.45) is 3.57. The first-order valence-corrected chi connectivity index (χ1v) is 9.09. The third-order valence-electron chi connectivity index (χ3n) is 4.49. The van der Waals surface area contributed by atoms with Crippen LogP contribution >= 0.6 is 0 Å². The molecule has 1 aromatic carbocycles. The predicted molar refractivity (Wildman–Crippen MR) is 99.8 cm³/mol. The minimum atomic E-state index is -0.147. The Bertz CT molecular complexity index is 709. The van der Waals surface area contributed by atoms with Crippen LogP contribution in [0.1, 0.15) is 60.8 Å². The summed E-state index contributed by atoms with van der Waals surface area (Å²) in [5.74, 6) is 0.800. The second-order valence-electron chi connectivity index (χ2n) is 6.85. The number of anilines is 1. The fourth-order valence-electron chi connectivity index (χ4n) is 2.97. The van der Waals surface area contributed by atoms with Gasteiger partial charge < -0.3 is 10.2 Å². The number of hydrogen-bond donors (Lipinski definition) is 1. The molecule has 5 heteroatoms. The van der Waals surface area contributed by atoms with Crippen LogP contribution in [0.3, 0.4) is 0 Å². The van der Waals surface area contributed by atoms with Crippen molar-refractivity contribution in [2.45, 2.75) is 45.6 Å². The van der Waals surface area contributed by atoms with E-state index < -0.39 is 0 Å². The first-order chi connectivity index (χ1) is 12.1. The van der Waals surface area contributed by atoms with E-state index >= 15 is 0 Å². The summed E-state index contributed by atoms with van der Waals surface area (Å²) in [5.41, 5.74) is 2.45. The van der Waals surface area contributed by atoms with Gasteiger partial charge in [0.25, 0.3) is 5.91 Å². The number of benzene rings is 1. The highest BCUT2D eigenvalue weighted by Gasteiger charge is 2.18. The van der Waals surface area contributed by atoms with Gasteiger partial charge in [0.2, 0.25) is 5.95 Å². The summed E-state index contributed by atoms with van der Waals surface area (Å²) < 4.78 is 0. The van der Waals surface area contributed by atoms with Crippen LogP contribution in [0.15, 0.2) is 36.4 Å². The van der Waals surface area contributed by atoms with Crippen molar-refractivity contribution in [1.82, 2.24) is 15.3 Å². The second-order valence-corrected chi connectivity index (χ2v) is 6.85. The van der Waals surface area contributed by atoms with Gasteiger partial charge in [-0.3, -0.25) is 4.79 Å². The number of rotatable bonds is 5. The van der Waals surface area contributed by atoms with E-state index in [1.54, 1.807) is 0 Å². The fourth-order valence-corrected chi connectivity index (χ4v) is 2.97. The molecule has 1 amide bonds. The Labute approximate surface area is 149 Å². The molecule has 132 valence electrons. The molecule has 25 heavy (non-hydrogen) atoms. The van der Waals surface area contributed by atoms with Crippen molar-refractivity contribution < 1.29 is 4.79 Å². The van der Waals surface area contributed by atoms with Crippen molar-refractivity contribution in [3.8, 4) is 0 Å². The van der Waals surface area contributed by atoms with Crippen molar-refractivity contribution in [2.24, 2.45) is 0 Å². The van der Waals surface area contributed by atoms with Gasteiger partial charge in [0.1, 0.15) is 5.69 Å². The maximum absolute atomic E-state index is 12.6. The molecule has 1 aliphatic heterocycles. The van der Waals surface area contributed by atoms with E-state index in [-0.39, 0.29) is 11.8 Å². The molecule has 1 aromatic heterocycles. The molecule has 0 aliphatic carbocycles. The molecule has 1 aliphatic rings. The van der Waals surface area contributed by atoms with Crippen molar-refractivity contribution >= 4 is 11.9 Å². The number of carbonyl (C=O) groups is 1. The smallest absolute Gasteiger partial charge is 0.270 e. The molecule has 0 unspecified atom stereocenters. The third-order valence-corrected chi connectivity index (χ3v) is 4.49. The number of nitrogens with one attached hydrogen (secondary N) is 1. The molecule has 0 saturated carbocycles. The van der Waals surface area contributed by atoms with Gasteiger partial charge in [-0.15, -0.1) is 0 Å². The first-order valence-electron chi connectivity index (χ1n) is 9.09. The van der Waals surface area contributed by atoms with Crippen molar-refractivity contribution in [1.29, 1.82) is 0 Å². The van der Waals surface area contributed by atoms with Crippen LogP contribution < -0.4 is 10.2 Å². The molecule has 5 nitrogen and oxygen atoms in total. The number of piperidine rings is 1. The summed E-state index contributed by atoms with van der Waals surface area (Å²) in [4.78, 5) is 24.1. The topological polar surface area (TPSA) is 58.1 Å². The lowest BCUT2D eigenvalue weighted by molar-refractivity contribution is 0.0945. The van der Waals surface area contributed by atoms with Crippen LogP contribution in [0.5, 0.6) is 0 Å². The third kappa shape index (κ3) is 4.56. The molecule has 0 bridgehead atoms. The standard InChI is InChI=1S/C20H26N4O/c1-15(2)17-13-18(19(25)21-14-16-9-5-3-6-10-16)23-20(22-17)24-11-7-4-8-12-24/h3,5-6,9-10,13,15H,4,7-8,11-12,14H2,1-2H3,(H,21,25). The zero-order valence-corrected chi connectivity index (χ0v) is 15.0. The van der Waals surface area contributed by atoms with Crippen LogP contribution in [0.25, 0.3) is 0 Å². The molecule has 0 atom stereocenters. The first kappa shape index (κ1) is 17.4. The number of amides is 1. The van der Waals surface area contributed by atoms with Gasteiger partial charge in [-0.2, -0.15) is 0 Å². The summed E-state index contributed by atoms with van der Waals surface area (Å²) in [5, 5.41) is 2.96. The van der Waals surface area contributed by atoms with E-state index in [0.717, 1.165) is 37.2 Å². The lowest BCUT2D eigenvalue weighted by Crippen LogP contribution is -2.32. The van der Waals surface area contributed by atoms with Crippen molar-refractivity contribution in [2.75, 3.05) is 18.0 Å². The molecular weight excluding hydrogens is 312 g/mol. The van der Waals surface area contributed by atoms with E-state index in [4.69, 9.17) is 4.98 Å². The molecule has 0 spiro atoms. The van der Waals surface area contributed by atoms with Gasteiger partial charge >= 0.3 is 0 Å². The monoisotopic (exact) mass is 338 g/mol. The van der Waals surface area contributed by atoms with Gasteiger partial charge in [0.15, 0.2) is 0 Å². The molecule has 3 rings (SSSR count). The van der Waals surface area contributed by atoms with Crippen LogP contribution in [-0.4, -0.2) is 29.0 Å². The minimum Gasteiger partial charge on any atom is -0.347 e. The number of nitrogens with zero attached hydrogens (tertiary/aromatic N) is 3. The predicted octanol–water partition coefficient (Wildman–Crippen LogP) is 3.52. The van der Waals surface area contributed by atoms with Crippen molar-refractivity contribution in [3.63, 3.8) is 0 Å². The second kappa shape index (κ2) is 8.10. The van der Waals surface area contributed by atoms with E-state index in [1.807, 2.05) is 36.4 Å². The molecule has 1 N–H and O–H groups in total. The highest BCUT2D eigenvalue weighted by Crippen LogP contribution is 2.20. The highest BCUT2D eigenvalue weighted by molar-refractivity contribution is 5.92. The quantitative estimate of drug-likeness (QED) is 0.906. The Balaban J connectivity index is 1.78. The Morgan fingerprint density at radius 2 is 1.84 bits per heavy atom. The molecule has 1 saturated heterocycles. The zero-order valence-electron chi connectivity index (χ0n) is 15.0. The summed E-state index contributed by atoms with van der Waals surface area (Å²) >= 11 is 0. The molecule has 2 aromatic rings. The lowest BCUT2D eigenvalue weighted by atomic mass is 10.1. The van der Waals surface area contributed by atoms with Gasteiger partial charge in [-0.05, 0) is 36.8 Å². The molecule has 0 radical (unpaired) electrons. The number of hydrogen-bond acceptors (Lipinski definition) is 4. The molecular formula is C20H26N4O. The summed E-state index contributed by atoms with van der Waals surface area (Å²) in [6, 6.07) is 11.7. The maximum atomic E-state index is 12.6. The van der Waals surface area contributed by atoms with Crippen molar-refractivity contribution in [3.05, 3.63) is 53.3 Å². The van der Waals surface area contributed by atoms with E-state index in [0.29, 0.717) is 18.2 Å². The normalized spacial score (nSPS) is 14.6. The Morgan fingerprint density at radius 1 is 1.12 bits per heavy atom. The Hall–Kier alpha value is -2.43. The average molecular weight is 338 g/mol. The Morgan fingerprint density at radius 3 is 2.52 bits per heavy atom.